The number of anilines is 1. The topological polar surface area (TPSA) is 76.7 Å². The normalized spacial score (nSPS) is 10.9. The van der Waals surface area contributed by atoms with Crippen molar-refractivity contribution >= 4 is 28.6 Å². The lowest BCUT2D eigenvalue weighted by atomic mass is 10.1. The summed E-state index contributed by atoms with van der Waals surface area (Å²) in [5, 5.41) is 6.39. The summed E-state index contributed by atoms with van der Waals surface area (Å²) in [6.45, 7) is 0.489. The first-order chi connectivity index (χ1) is 14.7. The van der Waals surface area contributed by atoms with Crippen molar-refractivity contribution in [2.75, 3.05) is 5.73 Å². The van der Waals surface area contributed by atoms with Crippen LogP contribution in [0.1, 0.15) is 21.5 Å². The summed E-state index contributed by atoms with van der Waals surface area (Å²) in [4.78, 5) is 12.1. The largest absolute Gasteiger partial charge is 0.489 e. The highest BCUT2D eigenvalue weighted by molar-refractivity contribution is 5.99. The van der Waals surface area contributed by atoms with Crippen LogP contribution >= 0.6 is 0 Å². The van der Waals surface area contributed by atoms with E-state index in [4.69, 9.17) is 10.5 Å². The number of nitrogens with two attached hydrogens (primary N) is 1. The third-order valence-electron chi connectivity index (χ3n) is 4.74. The zero-order valence-corrected chi connectivity index (χ0v) is 16.3. The predicted octanol–water partition coefficient (Wildman–Crippen LogP) is 4.76. The average Bonchev–Trinajstić information content (AvgIpc) is 2.79. The van der Waals surface area contributed by atoms with Crippen LogP contribution in [0, 0.1) is 0 Å². The van der Waals surface area contributed by atoms with Crippen LogP contribution in [-0.4, -0.2) is 12.1 Å². The number of hydrazone groups is 1. The fraction of sp³-hybridized carbons (Fsp3) is 0.0400. The fourth-order valence-electron chi connectivity index (χ4n) is 3.16. The SMILES string of the molecule is Nc1ccccc1C(=O)NN=Cc1ccc(OCc2cccc3ccccc23)cc1. The highest BCUT2D eigenvalue weighted by atomic mass is 16.5. The van der Waals surface area contributed by atoms with Crippen molar-refractivity contribution in [2.45, 2.75) is 6.61 Å². The van der Waals surface area contributed by atoms with E-state index in [0.717, 1.165) is 16.9 Å². The molecule has 5 heteroatoms. The van der Waals surface area contributed by atoms with Gasteiger partial charge in [0.25, 0.3) is 5.91 Å². The molecule has 0 heterocycles. The van der Waals surface area contributed by atoms with E-state index in [1.165, 1.54) is 10.8 Å². The van der Waals surface area contributed by atoms with Crippen LogP contribution in [0.25, 0.3) is 10.8 Å². The van der Waals surface area contributed by atoms with E-state index in [9.17, 15) is 4.79 Å². The number of fused-ring (bicyclic) bond motifs is 1. The number of benzene rings is 4. The van der Waals surface area contributed by atoms with Crippen LogP contribution in [-0.2, 0) is 6.61 Å². The molecule has 0 aliphatic heterocycles. The van der Waals surface area contributed by atoms with Gasteiger partial charge in [0, 0.05) is 5.69 Å². The summed E-state index contributed by atoms with van der Waals surface area (Å²) >= 11 is 0. The number of para-hydroxylation sites is 1. The Morgan fingerprint density at radius 3 is 2.47 bits per heavy atom. The average molecular weight is 395 g/mol. The molecule has 0 saturated carbocycles. The number of hydrogen-bond donors (Lipinski definition) is 2. The minimum Gasteiger partial charge on any atom is -0.489 e. The molecular weight excluding hydrogens is 374 g/mol. The van der Waals surface area contributed by atoms with Crippen LogP contribution in [0.5, 0.6) is 5.75 Å². The van der Waals surface area contributed by atoms with Gasteiger partial charge in [0.05, 0.1) is 11.8 Å². The van der Waals surface area contributed by atoms with Gasteiger partial charge in [0.1, 0.15) is 12.4 Å². The number of ether oxygens (including phenoxy) is 1. The van der Waals surface area contributed by atoms with Gasteiger partial charge in [-0.1, -0.05) is 54.6 Å². The van der Waals surface area contributed by atoms with Crippen LogP contribution in [0.4, 0.5) is 5.69 Å². The van der Waals surface area contributed by atoms with Gasteiger partial charge in [-0.2, -0.15) is 5.10 Å². The summed E-state index contributed by atoms with van der Waals surface area (Å²) in [7, 11) is 0. The molecule has 0 fully saturated rings. The van der Waals surface area contributed by atoms with E-state index in [-0.39, 0.29) is 5.91 Å². The molecule has 0 saturated heterocycles. The molecule has 0 aliphatic rings. The van der Waals surface area contributed by atoms with Gasteiger partial charge in [-0.25, -0.2) is 5.43 Å². The molecule has 0 aromatic heterocycles. The van der Waals surface area contributed by atoms with Gasteiger partial charge >= 0.3 is 0 Å². The minimum absolute atomic E-state index is 0.348. The van der Waals surface area contributed by atoms with Crippen molar-refractivity contribution in [2.24, 2.45) is 5.10 Å². The Labute approximate surface area is 174 Å². The van der Waals surface area contributed by atoms with E-state index in [1.54, 1.807) is 30.5 Å². The summed E-state index contributed by atoms with van der Waals surface area (Å²) in [6.07, 6.45) is 1.57. The molecule has 4 rings (SSSR count). The van der Waals surface area contributed by atoms with E-state index in [1.807, 2.05) is 42.5 Å². The molecule has 1 amide bonds. The first kappa shape index (κ1) is 19.2. The third kappa shape index (κ3) is 4.47. The van der Waals surface area contributed by atoms with Crippen LogP contribution in [0.15, 0.2) is 96.1 Å². The molecule has 4 aromatic rings. The van der Waals surface area contributed by atoms with E-state index < -0.39 is 0 Å². The maximum absolute atomic E-state index is 12.1. The monoisotopic (exact) mass is 395 g/mol. The number of nitrogens with one attached hydrogen (secondary N) is 1. The Bertz CT molecular complexity index is 1200. The molecule has 5 nitrogen and oxygen atoms in total. The number of nitrogens with zero attached hydrogens (tertiary/aromatic N) is 1. The zero-order valence-electron chi connectivity index (χ0n) is 16.3. The number of rotatable bonds is 6. The molecule has 0 spiro atoms. The second kappa shape index (κ2) is 8.92. The highest BCUT2D eigenvalue weighted by Gasteiger charge is 2.07. The predicted molar refractivity (Wildman–Crippen MR) is 121 cm³/mol. The summed E-state index contributed by atoms with van der Waals surface area (Å²) in [5.74, 6) is 0.417. The van der Waals surface area contributed by atoms with Crippen LogP contribution in [0.2, 0.25) is 0 Å². The highest BCUT2D eigenvalue weighted by Crippen LogP contribution is 2.21. The lowest BCUT2D eigenvalue weighted by Crippen LogP contribution is -2.18. The second-order valence-electron chi connectivity index (χ2n) is 6.78. The molecule has 0 radical (unpaired) electrons. The van der Waals surface area contributed by atoms with Gasteiger partial charge in [0.2, 0.25) is 0 Å². The van der Waals surface area contributed by atoms with Gasteiger partial charge in [-0.15, -0.1) is 0 Å². The molecule has 0 bridgehead atoms. The molecule has 0 unspecified atom stereocenters. The Morgan fingerprint density at radius 2 is 1.63 bits per heavy atom. The molecule has 4 aromatic carbocycles. The maximum atomic E-state index is 12.1. The Balaban J connectivity index is 1.35. The Kier molecular flexibility index (Phi) is 5.71. The Hall–Kier alpha value is -4.12. The van der Waals surface area contributed by atoms with Crippen LogP contribution < -0.4 is 15.9 Å². The number of hydrogen-bond acceptors (Lipinski definition) is 4. The molecule has 148 valence electrons. The van der Waals surface area contributed by atoms with Gasteiger partial charge < -0.3 is 10.5 Å². The third-order valence-corrected chi connectivity index (χ3v) is 4.74. The van der Waals surface area contributed by atoms with E-state index in [0.29, 0.717) is 17.9 Å². The molecule has 0 aliphatic carbocycles. The van der Waals surface area contributed by atoms with E-state index >= 15 is 0 Å². The minimum atomic E-state index is -0.348. The summed E-state index contributed by atoms with van der Waals surface area (Å²) < 4.78 is 5.94. The lowest BCUT2D eigenvalue weighted by Gasteiger charge is -2.09. The fourth-order valence-corrected chi connectivity index (χ4v) is 3.16. The lowest BCUT2D eigenvalue weighted by molar-refractivity contribution is 0.0956. The van der Waals surface area contributed by atoms with Crippen molar-refractivity contribution in [3.05, 3.63) is 108 Å². The molecule has 30 heavy (non-hydrogen) atoms. The summed E-state index contributed by atoms with van der Waals surface area (Å²) in [6, 6.07) is 28.9. The number of carbonyl (C=O) groups excluding carboxylic acids is 1. The van der Waals surface area contributed by atoms with Crippen molar-refractivity contribution in [3.8, 4) is 5.75 Å². The molecular formula is C25H21N3O2. The van der Waals surface area contributed by atoms with Crippen molar-refractivity contribution in [1.82, 2.24) is 5.43 Å². The second-order valence-corrected chi connectivity index (χ2v) is 6.78. The van der Waals surface area contributed by atoms with Crippen molar-refractivity contribution < 1.29 is 9.53 Å². The zero-order chi connectivity index (χ0) is 20.8. The first-order valence-corrected chi connectivity index (χ1v) is 9.58. The number of carbonyl (C=O) groups is 1. The summed E-state index contributed by atoms with van der Waals surface area (Å²) in [5.41, 5.74) is 11.1. The quantitative estimate of drug-likeness (QED) is 0.281. The maximum Gasteiger partial charge on any atom is 0.273 e. The number of nitrogen functional groups attached to an aromatic ring is 1. The van der Waals surface area contributed by atoms with Gasteiger partial charge in [-0.3, -0.25) is 4.79 Å². The van der Waals surface area contributed by atoms with E-state index in [2.05, 4.69) is 34.8 Å². The molecule has 3 N–H and O–H groups in total. The smallest absolute Gasteiger partial charge is 0.273 e. The molecule has 0 atom stereocenters. The van der Waals surface area contributed by atoms with Crippen LogP contribution in [0.3, 0.4) is 0 Å². The standard InChI is InChI=1S/C25H21N3O2/c26-24-11-4-3-10-23(24)25(29)28-27-16-18-12-14-21(15-13-18)30-17-20-8-5-7-19-6-1-2-9-22(19)20/h1-16H,17,26H2,(H,28,29). The number of amides is 1. The van der Waals surface area contributed by atoms with Crippen molar-refractivity contribution in [3.63, 3.8) is 0 Å². The van der Waals surface area contributed by atoms with Gasteiger partial charge in [0.15, 0.2) is 0 Å². The first-order valence-electron chi connectivity index (χ1n) is 9.58. The van der Waals surface area contributed by atoms with Gasteiger partial charge in [-0.05, 0) is 58.3 Å². The van der Waals surface area contributed by atoms with Crippen molar-refractivity contribution in [1.29, 1.82) is 0 Å². The Morgan fingerprint density at radius 1 is 0.900 bits per heavy atom.